The molecule has 1 N–H and O–H groups in total. The first-order chi connectivity index (χ1) is 8.13. The number of aliphatic hydroxyl groups excluding tert-OH is 1. The van der Waals surface area contributed by atoms with Gasteiger partial charge in [0.15, 0.2) is 0 Å². The molecule has 5 nitrogen and oxygen atoms in total. The highest BCUT2D eigenvalue weighted by Gasteiger charge is 2.27. The second kappa shape index (κ2) is 5.10. The molecule has 2 amide bonds. The number of anilines is 1. The van der Waals surface area contributed by atoms with E-state index in [1.807, 2.05) is 0 Å². The summed E-state index contributed by atoms with van der Waals surface area (Å²) in [6.07, 6.45) is 0. The van der Waals surface area contributed by atoms with Gasteiger partial charge in [-0.05, 0) is 18.2 Å². The molecule has 1 saturated heterocycles. The van der Waals surface area contributed by atoms with Crippen molar-refractivity contribution in [2.45, 2.75) is 0 Å². The minimum absolute atomic E-state index is 0.312. The van der Waals surface area contributed by atoms with E-state index in [4.69, 9.17) is 33.1 Å². The maximum Gasteiger partial charge on any atom is 0.350 e. The molecular weight excluding hydrogens is 267 g/mol. The van der Waals surface area contributed by atoms with Gasteiger partial charge >= 0.3 is 6.03 Å². The van der Waals surface area contributed by atoms with Crippen molar-refractivity contribution in [1.29, 1.82) is 0 Å². The SMILES string of the molecule is O=C1N(CO)OCCN1c1ccc(Cl)c(Cl)c1. The molecule has 1 aromatic rings. The maximum absolute atomic E-state index is 11.8. The Labute approximate surface area is 108 Å². The molecule has 0 spiro atoms. The van der Waals surface area contributed by atoms with Crippen molar-refractivity contribution in [2.24, 2.45) is 0 Å². The number of rotatable bonds is 2. The normalized spacial score (nSPS) is 16.5. The van der Waals surface area contributed by atoms with Gasteiger partial charge in [0.25, 0.3) is 0 Å². The molecule has 0 unspecified atom stereocenters. The summed E-state index contributed by atoms with van der Waals surface area (Å²) in [5.74, 6) is 0. The highest BCUT2D eigenvalue weighted by atomic mass is 35.5. The fourth-order valence-corrected chi connectivity index (χ4v) is 1.81. The molecule has 1 aromatic carbocycles. The van der Waals surface area contributed by atoms with Crippen molar-refractivity contribution >= 4 is 34.9 Å². The zero-order valence-corrected chi connectivity index (χ0v) is 10.3. The zero-order chi connectivity index (χ0) is 12.4. The summed E-state index contributed by atoms with van der Waals surface area (Å²) in [7, 11) is 0. The van der Waals surface area contributed by atoms with Crippen LogP contribution in [0.2, 0.25) is 10.0 Å². The molecular formula is C10H10Cl2N2O3. The first kappa shape index (κ1) is 12.4. The van der Waals surface area contributed by atoms with Crippen molar-refractivity contribution < 1.29 is 14.7 Å². The number of aliphatic hydroxyl groups is 1. The van der Waals surface area contributed by atoms with Crippen LogP contribution in [0.15, 0.2) is 18.2 Å². The molecule has 2 rings (SSSR count). The van der Waals surface area contributed by atoms with Crippen LogP contribution in [-0.4, -0.2) is 36.1 Å². The van der Waals surface area contributed by atoms with Gasteiger partial charge in [0, 0.05) is 5.69 Å². The molecule has 92 valence electrons. The lowest BCUT2D eigenvalue weighted by molar-refractivity contribution is -0.161. The predicted octanol–water partition coefficient (Wildman–Crippen LogP) is 2.12. The molecule has 1 aliphatic rings. The van der Waals surface area contributed by atoms with E-state index in [0.29, 0.717) is 28.9 Å². The van der Waals surface area contributed by atoms with Crippen molar-refractivity contribution in [3.63, 3.8) is 0 Å². The average Bonchev–Trinajstić information content (AvgIpc) is 2.33. The van der Waals surface area contributed by atoms with Crippen molar-refractivity contribution in [2.75, 3.05) is 24.8 Å². The first-order valence-corrected chi connectivity index (χ1v) is 5.67. The van der Waals surface area contributed by atoms with Crippen LogP contribution >= 0.6 is 23.2 Å². The lowest BCUT2D eigenvalue weighted by Gasteiger charge is -2.33. The van der Waals surface area contributed by atoms with E-state index in [2.05, 4.69) is 0 Å². The Morgan fingerprint density at radius 1 is 1.35 bits per heavy atom. The predicted molar refractivity (Wildman–Crippen MR) is 64.1 cm³/mol. The number of halogens is 2. The minimum atomic E-state index is -0.489. The monoisotopic (exact) mass is 276 g/mol. The smallest absolute Gasteiger partial charge is 0.350 e. The van der Waals surface area contributed by atoms with Crippen molar-refractivity contribution in [3.8, 4) is 0 Å². The number of benzene rings is 1. The van der Waals surface area contributed by atoms with Gasteiger partial charge in [-0.2, -0.15) is 5.06 Å². The van der Waals surface area contributed by atoms with Crippen LogP contribution in [0.5, 0.6) is 0 Å². The van der Waals surface area contributed by atoms with Gasteiger partial charge < -0.3 is 5.11 Å². The van der Waals surface area contributed by atoms with E-state index >= 15 is 0 Å². The van der Waals surface area contributed by atoms with E-state index in [-0.39, 0.29) is 0 Å². The lowest BCUT2D eigenvalue weighted by atomic mass is 10.3. The largest absolute Gasteiger partial charge is 0.374 e. The molecule has 0 atom stereocenters. The summed E-state index contributed by atoms with van der Waals surface area (Å²) >= 11 is 11.7. The quantitative estimate of drug-likeness (QED) is 0.900. The molecule has 1 fully saturated rings. The van der Waals surface area contributed by atoms with E-state index < -0.39 is 12.8 Å². The van der Waals surface area contributed by atoms with Gasteiger partial charge in [0.2, 0.25) is 0 Å². The Balaban J connectivity index is 2.26. The van der Waals surface area contributed by atoms with E-state index in [1.54, 1.807) is 18.2 Å². The van der Waals surface area contributed by atoms with Gasteiger partial charge in [-0.1, -0.05) is 23.2 Å². The van der Waals surface area contributed by atoms with Crippen molar-refractivity contribution in [1.82, 2.24) is 5.06 Å². The van der Waals surface area contributed by atoms with Crippen molar-refractivity contribution in [3.05, 3.63) is 28.2 Å². The number of carbonyl (C=O) groups excluding carboxylic acids is 1. The van der Waals surface area contributed by atoms with E-state index in [9.17, 15) is 4.79 Å². The van der Waals surface area contributed by atoms with Crippen LogP contribution in [0.25, 0.3) is 0 Å². The Bertz CT molecular complexity index is 442. The number of carbonyl (C=O) groups is 1. The highest BCUT2D eigenvalue weighted by molar-refractivity contribution is 6.42. The van der Waals surface area contributed by atoms with Crippen LogP contribution in [0.3, 0.4) is 0 Å². The summed E-state index contributed by atoms with van der Waals surface area (Å²) in [5.41, 5.74) is 0.617. The molecule has 1 aliphatic heterocycles. The summed E-state index contributed by atoms with van der Waals surface area (Å²) in [6.45, 7) is 0.219. The Morgan fingerprint density at radius 3 is 2.76 bits per heavy atom. The fraction of sp³-hybridized carbons (Fsp3) is 0.300. The number of urea groups is 1. The van der Waals surface area contributed by atoms with E-state index in [1.165, 1.54) is 4.90 Å². The Morgan fingerprint density at radius 2 is 2.12 bits per heavy atom. The molecule has 0 radical (unpaired) electrons. The number of amides is 2. The van der Waals surface area contributed by atoms with Gasteiger partial charge in [-0.3, -0.25) is 9.74 Å². The number of hydrogen-bond donors (Lipinski definition) is 1. The third-order valence-corrected chi connectivity index (χ3v) is 3.09. The third-order valence-electron chi connectivity index (χ3n) is 2.35. The molecule has 0 aromatic heterocycles. The highest BCUT2D eigenvalue weighted by Crippen LogP contribution is 2.28. The third kappa shape index (κ3) is 2.47. The van der Waals surface area contributed by atoms with Crippen LogP contribution < -0.4 is 4.90 Å². The number of hydrogen-bond acceptors (Lipinski definition) is 3. The number of nitrogens with zero attached hydrogens (tertiary/aromatic N) is 2. The lowest BCUT2D eigenvalue weighted by Crippen LogP contribution is -2.50. The van der Waals surface area contributed by atoms with Crippen LogP contribution in [0.4, 0.5) is 10.5 Å². The summed E-state index contributed by atoms with van der Waals surface area (Å²) in [6, 6.07) is 4.47. The van der Waals surface area contributed by atoms with Crippen LogP contribution in [0.1, 0.15) is 0 Å². The van der Waals surface area contributed by atoms with Gasteiger partial charge in [0.05, 0.1) is 23.2 Å². The fourth-order valence-electron chi connectivity index (χ4n) is 1.52. The van der Waals surface area contributed by atoms with Gasteiger partial charge in [0.1, 0.15) is 6.73 Å². The second-order valence-electron chi connectivity index (χ2n) is 3.39. The summed E-state index contributed by atoms with van der Waals surface area (Å²) in [5, 5.41) is 10.6. The average molecular weight is 277 g/mol. The first-order valence-electron chi connectivity index (χ1n) is 4.91. The molecule has 17 heavy (non-hydrogen) atoms. The summed E-state index contributed by atoms with van der Waals surface area (Å²) in [4.78, 5) is 18.3. The second-order valence-corrected chi connectivity index (χ2v) is 4.20. The van der Waals surface area contributed by atoms with Crippen LogP contribution in [0, 0.1) is 0 Å². The zero-order valence-electron chi connectivity index (χ0n) is 8.77. The molecule has 0 bridgehead atoms. The number of hydroxylamine groups is 2. The maximum atomic E-state index is 11.8. The van der Waals surface area contributed by atoms with Crippen LogP contribution in [-0.2, 0) is 4.84 Å². The summed E-state index contributed by atoms with van der Waals surface area (Å²) < 4.78 is 0. The minimum Gasteiger partial charge on any atom is -0.374 e. The standard InChI is InChI=1S/C10H10Cl2N2O3/c11-8-2-1-7(5-9(8)12)13-3-4-17-14(6-15)10(13)16/h1-2,5,15H,3-4,6H2. The molecule has 1 heterocycles. The molecule has 7 heteroatoms. The topological polar surface area (TPSA) is 53.0 Å². The van der Waals surface area contributed by atoms with Gasteiger partial charge in [-0.25, -0.2) is 4.79 Å². The molecule has 0 aliphatic carbocycles. The Kier molecular flexibility index (Phi) is 3.73. The van der Waals surface area contributed by atoms with Gasteiger partial charge in [-0.15, -0.1) is 0 Å². The Hall–Kier alpha value is -1.01. The van der Waals surface area contributed by atoms with E-state index in [0.717, 1.165) is 5.06 Å². The molecule has 0 saturated carbocycles.